The summed E-state index contributed by atoms with van der Waals surface area (Å²) in [5.41, 5.74) is 2.42. The summed E-state index contributed by atoms with van der Waals surface area (Å²) in [6, 6.07) is 24.5. The Kier molecular flexibility index (Phi) is 5.24. The third kappa shape index (κ3) is 4.05. The maximum absolute atomic E-state index is 13.3. The average Bonchev–Trinajstić information content (AvgIpc) is 3.28. The van der Waals surface area contributed by atoms with Crippen molar-refractivity contribution in [3.05, 3.63) is 90.8 Å². The number of carbonyl (C=O) groups excluding carboxylic acids is 1. The number of anilines is 1. The Morgan fingerprint density at radius 2 is 1.37 bits per heavy atom. The predicted octanol–water partition coefficient (Wildman–Crippen LogP) is 3.62. The number of nitrogens with zero attached hydrogens (tertiary/aromatic N) is 3. The fraction of sp³-hybridized carbons (Fsp3) is 0.261. The van der Waals surface area contributed by atoms with E-state index in [1.165, 1.54) is 11.3 Å². The molecule has 1 aromatic heterocycles. The average molecular weight is 359 g/mol. The number of carbonyl (C=O) groups is 1. The minimum Gasteiger partial charge on any atom is -0.368 e. The zero-order chi connectivity index (χ0) is 18.5. The molecule has 1 aliphatic rings. The molecule has 3 aromatic rings. The van der Waals surface area contributed by atoms with Crippen LogP contribution in [0.5, 0.6) is 0 Å². The second-order valence-corrected chi connectivity index (χ2v) is 6.98. The van der Waals surface area contributed by atoms with Gasteiger partial charge in [-0.25, -0.2) is 0 Å². The van der Waals surface area contributed by atoms with Gasteiger partial charge in [-0.2, -0.15) is 0 Å². The van der Waals surface area contributed by atoms with Gasteiger partial charge in [0.25, 0.3) is 0 Å². The van der Waals surface area contributed by atoms with E-state index >= 15 is 0 Å². The van der Waals surface area contributed by atoms with Crippen molar-refractivity contribution in [2.24, 2.45) is 0 Å². The lowest BCUT2D eigenvalue weighted by Crippen LogP contribution is -2.50. The van der Waals surface area contributed by atoms with Crippen LogP contribution in [-0.4, -0.2) is 41.6 Å². The van der Waals surface area contributed by atoms with Gasteiger partial charge in [0.15, 0.2) is 0 Å². The smallest absolute Gasteiger partial charge is 0.246 e. The lowest BCUT2D eigenvalue weighted by molar-refractivity contribution is -0.135. The van der Waals surface area contributed by atoms with Gasteiger partial charge in [0.2, 0.25) is 5.91 Å². The monoisotopic (exact) mass is 359 g/mol. The second-order valence-electron chi connectivity index (χ2n) is 6.98. The number of para-hydroxylation sites is 1. The van der Waals surface area contributed by atoms with Crippen molar-refractivity contribution in [3.8, 4) is 0 Å². The molecule has 1 saturated heterocycles. The van der Waals surface area contributed by atoms with Crippen LogP contribution in [0.2, 0.25) is 0 Å². The van der Waals surface area contributed by atoms with Crippen molar-refractivity contribution in [2.75, 3.05) is 31.1 Å². The number of hydrogen-bond acceptors (Lipinski definition) is 2. The van der Waals surface area contributed by atoms with Crippen LogP contribution in [0.3, 0.4) is 0 Å². The summed E-state index contributed by atoms with van der Waals surface area (Å²) in [5.74, 6) is 0.211. The molecular weight excluding hydrogens is 334 g/mol. The first-order valence-electron chi connectivity index (χ1n) is 9.56. The Labute approximate surface area is 160 Å². The SMILES string of the molecule is O=C([C@@H](Cc1ccccc1)n1cccc1)N1CCN(c2ccccc2)CC1. The molecule has 0 N–H and O–H groups in total. The van der Waals surface area contributed by atoms with E-state index in [0.717, 1.165) is 26.2 Å². The van der Waals surface area contributed by atoms with Crippen LogP contribution in [0.1, 0.15) is 11.6 Å². The lowest BCUT2D eigenvalue weighted by Gasteiger charge is -2.37. The summed E-state index contributed by atoms with van der Waals surface area (Å²) in [6.45, 7) is 3.28. The quantitative estimate of drug-likeness (QED) is 0.696. The highest BCUT2D eigenvalue weighted by molar-refractivity contribution is 5.81. The van der Waals surface area contributed by atoms with Crippen molar-refractivity contribution in [3.63, 3.8) is 0 Å². The lowest BCUT2D eigenvalue weighted by atomic mass is 10.0. The molecule has 4 rings (SSSR count). The van der Waals surface area contributed by atoms with Crippen LogP contribution >= 0.6 is 0 Å². The van der Waals surface area contributed by atoms with Crippen molar-refractivity contribution in [1.82, 2.24) is 9.47 Å². The molecule has 0 bridgehead atoms. The molecule has 1 fully saturated rings. The van der Waals surface area contributed by atoms with Crippen LogP contribution in [0.4, 0.5) is 5.69 Å². The minimum atomic E-state index is -0.189. The molecule has 0 spiro atoms. The maximum atomic E-state index is 13.3. The highest BCUT2D eigenvalue weighted by Crippen LogP contribution is 2.21. The van der Waals surface area contributed by atoms with E-state index < -0.39 is 0 Å². The van der Waals surface area contributed by atoms with Crippen LogP contribution in [0.25, 0.3) is 0 Å². The van der Waals surface area contributed by atoms with Gasteiger partial charge in [-0.1, -0.05) is 48.5 Å². The fourth-order valence-electron chi connectivity index (χ4n) is 3.75. The number of rotatable bonds is 5. The van der Waals surface area contributed by atoms with Crippen molar-refractivity contribution < 1.29 is 4.79 Å². The van der Waals surface area contributed by atoms with E-state index in [0.29, 0.717) is 6.42 Å². The Morgan fingerprint density at radius 1 is 0.778 bits per heavy atom. The normalized spacial score (nSPS) is 15.6. The van der Waals surface area contributed by atoms with Crippen LogP contribution in [0, 0.1) is 0 Å². The van der Waals surface area contributed by atoms with E-state index in [1.807, 2.05) is 58.3 Å². The zero-order valence-electron chi connectivity index (χ0n) is 15.4. The molecule has 1 atom stereocenters. The van der Waals surface area contributed by atoms with E-state index in [9.17, 15) is 4.79 Å². The van der Waals surface area contributed by atoms with Gasteiger partial charge in [0.05, 0.1) is 0 Å². The second kappa shape index (κ2) is 8.12. The number of amides is 1. The summed E-state index contributed by atoms with van der Waals surface area (Å²) in [4.78, 5) is 17.7. The third-order valence-corrected chi connectivity index (χ3v) is 5.26. The molecular formula is C23H25N3O. The summed E-state index contributed by atoms with van der Waals surface area (Å²) in [6.07, 6.45) is 4.70. The van der Waals surface area contributed by atoms with Crippen molar-refractivity contribution in [2.45, 2.75) is 12.5 Å². The minimum absolute atomic E-state index is 0.189. The molecule has 27 heavy (non-hydrogen) atoms. The van der Waals surface area contributed by atoms with Gasteiger partial charge in [-0.15, -0.1) is 0 Å². The summed E-state index contributed by atoms with van der Waals surface area (Å²) >= 11 is 0. The first-order chi connectivity index (χ1) is 13.3. The van der Waals surface area contributed by atoms with Gasteiger partial charge in [-0.05, 0) is 29.8 Å². The van der Waals surface area contributed by atoms with Crippen molar-refractivity contribution >= 4 is 11.6 Å². The molecule has 138 valence electrons. The number of hydrogen-bond donors (Lipinski definition) is 0. The zero-order valence-corrected chi connectivity index (χ0v) is 15.4. The first-order valence-corrected chi connectivity index (χ1v) is 9.56. The molecule has 2 heterocycles. The topological polar surface area (TPSA) is 28.5 Å². The van der Waals surface area contributed by atoms with Gasteiger partial charge in [0.1, 0.15) is 6.04 Å². The highest BCUT2D eigenvalue weighted by atomic mass is 16.2. The van der Waals surface area contributed by atoms with Crippen molar-refractivity contribution in [1.29, 1.82) is 0 Å². The molecule has 1 amide bonds. The number of benzene rings is 2. The standard InChI is InChI=1S/C23H25N3O/c27-23(26-17-15-24(16-18-26)21-11-5-2-6-12-21)22(25-13-7-8-14-25)19-20-9-3-1-4-10-20/h1-14,22H,15-19H2/t22-/m1/s1. The highest BCUT2D eigenvalue weighted by Gasteiger charge is 2.28. The fourth-order valence-corrected chi connectivity index (χ4v) is 3.75. The van der Waals surface area contributed by atoms with Crippen LogP contribution in [0.15, 0.2) is 85.2 Å². The van der Waals surface area contributed by atoms with E-state index in [2.05, 4.69) is 41.3 Å². The Hall–Kier alpha value is -3.01. The van der Waals surface area contributed by atoms with Gasteiger partial charge in [0, 0.05) is 50.7 Å². The maximum Gasteiger partial charge on any atom is 0.246 e. The molecule has 1 aliphatic heterocycles. The largest absolute Gasteiger partial charge is 0.368 e. The Bertz CT molecular complexity index is 838. The van der Waals surface area contributed by atoms with Gasteiger partial charge < -0.3 is 14.4 Å². The van der Waals surface area contributed by atoms with E-state index in [4.69, 9.17) is 0 Å². The third-order valence-electron chi connectivity index (χ3n) is 5.26. The van der Waals surface area contributed by atoms with Gasteiger partial charge in [-0.3, -0.25) is 4.79 Å². The predicted molar refractivity (Wildman–Crippen MR) is 109 cm³/mol. The molecule has 0 aliphatic carbocycles. The molecule has 0 unspecified atom stereocenters. The van der Waals surface area contributed by atoms with Gasteiger partial charge >= 0.3 is 0 Å². The molecule has 4 nitrogen and oxygen atoms in total. The Morgan fingerprint density at radius 3 is 2.00 bits per heavy atom. The summed E-state index contributed by atoms with van der Waals surface area (Å²) in [7, 11) is 0. The Balaban J connectivity index is 1.46. The molecule has 2 aromatic carbocycles. The molecule has 0 saturated carbocycles. The van der Waals surface area contributed by atoms with Crippen LogP contribution < -0.4 is 4.90 Å². The first kappa shape index (κ1) is 17.4. The van der Waals surface area contributed by atoms with Crippen LogP contribution in [-0.2, 0) is 11.2 Å². The van der Waals surface area contributed by atoms with E-state index in [1.54, 1.807) is 0 Å². The molecule has 0 radical (unpaired) electrons. The summed E-state index contributed by atoms with van der Waals surface area (Å²) < 4.78 is 2.04. The van der Waals surface area contributed by atoms with E-state index in [-0.39, 0.29) is 11.9 Å². The molecule has 4 heteroatoms. The number of aromatic nitrogens is 1. The number of piperazine rings is 1. The summed E-state index contributed by atoms with van der Waals surface area (Å²) in [5, 5.41) is 0.